The first kappa shape index (κ1) is 23.2. The molecule has 0 unspecified atom stereocenters. The van der Waals surface area contributed by atoms with Crippen LogP contribution in [0.5, 0.6) is 0 Å². The molecule has 0 amide bonds. The monoisotopic (exact) mass is 511 g/mol. The molecule has 39 heavy (non-hydrogen) atoms. The number of benzene rings is 2. The molecule has 0 saturated carbocycles. The molecule has 3 heteroatoms. The van der Waals surface area contributed by atoms with Gasteiger partial charge in [-0.3, -0.25) is 0 Å². The predicted molar refractivity (Wildman–Crippen MR) is 159 cm³/mol. The van der Waals surface area contributed by atoms with Gasteiger partial charge in [-0.2, -0.15) is 9.13 Å². The minimum atomic E-state index is 1.07. The van der Waals surface area contributed by atoms with Crippen LogP contribution in [-0.4, -0.2) is 13.1 Å². The molecule has 4 aromatic rings. The van der Waals surface area contributed by atoms with Gasteiger partial charge in [0.1, 0.15) is 13.1 Å². The molecule has 0 atom stereocenters. The zero-order valence-electron chi connectivity index (χ0n) is 22.8. The molecule has 6 heterocycles. The van der Waals surface area contributed by atoms with E-state index in [9.17, 15) is 0 Å². The Balaban J connectivity index is 1.23. The van der Waals surface area contributed by atoms with Crippen molar-refractivity contribution >= 4 is 17.8 Å². The van der Waals surface area contributed by atoms with Crippen molar-refractivity contribution in [3.63, 3.8) is 0 Å². The molecule has 194 valence electrons. The van der Waals surface area contributed by atoms with Gasteiger partial charge in [0, 0.05) is 55.9 Å². The van der Waals surface area contributed by atoms with Gasteiger partial charge in [-0.15, -0.1) is 0 Å². The highest BCUT2D eigenvalue weighted by Gasteiger charge is 2.31. The molecule has 0 radical (unpaired) electrons. The fraction of sp³-hybridized carbons (Fsp3) is 0.333. The molecule has 2 aromatic carbocycles. The first-order valence-corrected chi connectivity index (χ1v) is 15.1. The highest BCUT2D eigenvalue weighted by atomic mass is 15.1. The Morgan fingerprint density at radius 3 is 1.95 bits per heavy atom. The number of hydrogen-bond acceptors (Lipinski definition) is 1. The van der Waals surface area contributed by atoms with Gasteiger partial charge in [-0.25, -0.2) is 0 Å². The summed E-state index contributed by atoms with van der Waals surface area (Å²) < 4.78 is 4.97. The van der Waals surface area contributed by atoms with Gasteiger partial charge in [0.15, 0.2) is 12.4 Å². The summed E-state index contributed by atoms with van der Waals surface area (Å²) in [6, 6.07) is 21.2. The Labute approximate surface area is 232 Å². The summed E-state index contributed by atoms with van der Waals surface area (Å²) in [6.45, 7) is 4.62. The molecular formula is C36H37N3+2. The van der Waals surface area contributed by atoms with Gasteiger partial charge < -0.3 is 4.90 Å². The van der Waals surface area contributed by atoms with E-state index in [-0.39, 0.29) is 0 Å². The lowest BCUT2D eigenvalue weighted by Gasteiger charge is -2.37. The SMILES string of the molecule is C(=C\c1cc[n+]2c(c1)-c1c(ccc3c1-c1cccc[n+]1CCC3)CCC2)/c1cc2c3c(c1)CCCN3CCC2. The maximum absolute atomic E-state index is 2.63. The highest BCUT2D eigenvalue weighted by molar-refractivity contribution is 5.85. The van der Waals surface area contributed by atoms with Crippen LogP contribution < -0.4 is 14.0 Å². The number of aryl methyl sites for hydroxylation is 6. The van der Waals surface area contributed by atoms with Crippen molar-refractivity contribution in [3.8, 4) is 22.5 Å². The van der Waals surface area contributed by atoms with Crippen LogP contribution in [0.25, 0.3) is 34.7 Å². The fourth-order valence-electron chi connectivity index (χ4n) is 7.65. The quantitative estimate of drug-likeness (QED) is 0.285. The summed E-state index contributed by atoms with van der Waals surface area (Å²) in [6.07, 6.45) is 18.9. The second kappa shape index (κ2) is 9.48. The van der Waals surface area contributed by atoms with E-state index in [1.54, 1.807) is 16.8 Å². The number of fused-ring (bicyclic) bond motifs is 7. The van der Waals surface area contributed by atoms with E-state index in [0.29, 0.717) is 0 Å². The van der Waals surface area contributed by atoms with Crippen molar-refractivity contribution in [1.29, 1.82) is 0 Å². The largest absolute Gasteiger partial charge is 0.371 e. The molecule has 2 aromatic heterocycles. The summed E-state index contributed by atoms with van der Waals surface area (Å²) in [4.78, 5) is 2.63. The first-order chi connectivity index (χ1) is 19.3. The molecule has 8 rings (SSSR count). The third-order valence-corrected chi connectivity index (χ3v) is 9.40. The predicted octanol–water partition coefficient (Wildman–Crippen LogP) is 6.36. The average molecular weight is 512 g/mol. The van der Waals surface area contributed by atoms with Gasteiger partial charge in [-0.1, -0.05) is 24.3 Å². The lowest BCUT2D eigenvalue weighted by atomic mass is 9.88. The van der Waals surface area contributed by atoms with Crippen molar-refractivity contribution in [2.45, 2.75) is 64.5 Å². The van der Waals surface area contributed by atoms with E-state index in [4.69, 9.17) is 0 Å². The van der Waals surface area contributed by atoms with Gasteiger partial charge in [0.25, 0.3) is 0 Å². The first-order valence-electron chi connectivity index (χ1n) is 15.1. The Bertz CT molecular complexity index is 1600. The summed E-state index contributed by atoms with van der Waals surface area (Å²) in [5.41, 5.74) is 16.0. The van der Waals surface area contributed by atoms with Crippen molar-refractivity contribution in [3.05, 3.63) is 100 Å². The molecule has 3 nitrogen and oxygen atoms in total. The minimum Gasteiger partial charge on any atom is -0.371 e. The molecule has 0 bridgehead atoms. The standard InChI is InChI=1S/C36H37N3/c1-2-17-37-18-3-7-28-14-15-29-8-4-19-38-22-16-26(25-33(38)35(29)34(28)32(37)11-1)12-13-27-23-30-9-5-20-39-21-6-10-31(24-27)36(30)39/h1-2,11-17,22-25H,3-10,18-21H2/q+2. The van der Waals surface area contributed by atoms with E-state index in [1.807, 2.05) is 0 Å². The smallest absolute Gasteiger partial charge is 0.214 e. The Hall–Kier alpha value is -3.72. The van der Waals surface area contributed by atoms with Crippen LogP contribution in [0.15, 0.2) is 67.0 Å². The molecule has 0 aliphatic carbocycles. The van der Waals surface area contributed by atoms with Gasteiger partial charge >= 0.3 is 0 Å². The van der Waals surface area contributed by atoms with Crippen LogP contribution in [0.4, 0.5) is 5.69 Å². The molecular weight excluding hydrogens is 474 g/mol. The molecule has 0 spiro atoms. The van der Waals surface area contributed by atoms with E-state index in [1.165, 1.54) is 96.4 Å². The molecule has 0 N–H and O–H groups in total. The van der Waals surface area contributed by atoms with Crippen molar-refractivity contribution in [1.82, 2.24) is 0 Å². The number of anilines is 1. The number of rotatable bonds is 2. The van der Waals surface area contributed by atoms with E-state index < -0.39 is 0 Å². The number of hydrogen-bond donors (Lipinski definition) is 0. The van der Waals surface area contributed by atoms with Crippen molar-refractivity contribution < 1.29 is 9.13 Å². The molecule has 0 fully saturated rings. The number of aromatic nitrogens is 2. The maximum Gasteiger partial charge on any atom is 0.214 e. The second-order valence-electron chi connectivity index (χ2n) is 11.9. The average Bonchev–Trinajstić information content (AvgIpc) is 3.28. The Morgan fingerprint density at radius 2 is 1.21 bits per heavy atom. The zero-order chi connectivity index (χ0) is 25.8. The van der Waals surface area contributed by atoms with Crippen molar-refractivity contribution in [2.75, 3.05) is 18.0 Å². The Morgan fingerprint density at radius 1 is 0.564 bits per heavy atom. The van der Waals surface area contributed by atoms with Gasteiger partial charge in [0.05, 0.1) is 11.1 Å². The summed E-state index contributed by atoms with van der Waals surface area (Å²) in [5.74, 6) is 0. The third-order valence-electron chi connectivity index (χ3n) is 9.40. The van der Waals surface area contributed by atoms with Crippen molar-refractivity contribution in [2.24, 2.45) is 0 Å². The highest BCUT2D eigenvalue weighted by Crippen LogP contribution is 2.39. The number of pyridine rings is 2. The molecule has 4 aliphatic rings. The van der Waals surface area contributed by atoms with E-state index in [0.717, 1.165) is 25.9 Å². The second-order valence-corrected chi connectivity index (χ2v) is 11.9. The van der Waals surface area contributed by atoms with Crippen LogP contribution >= 0.6 is 0 Å². The van der Waals surface area contributed by atoms with Gasteiger partial charge in [-0.05, 0) is 90.1 Å². The van der Waals surface area contributed by atoms with Gasteiger partial charge in [0.2, 0.25) is 11.4 Å². The number of nitrogens with zero attached hydrogens (tertiary/aromatic N) is 3. The van der Waals surface area contributed by atoms with Crippen LogP contribution in [0.3, 0.4) is 0 Å². The molecule has 4 aliphatic heterocycles. The third kappa shape index (κ3) is 4.02. The summed E-state index contributed by atoms with van der Waals surface area (Å²) in [5, 5.41) is 0. The topological polar surface area (TPSA) is 11.0 Å². The maximum atomic E-state index is 2.63. The van der Waals surface area contributed by atoms with E-state index in [2.05, 4.69) is 93.2 Å². The lowest BCUT2D eigenvalue weighted by molar-refractivity contribution is -0.687. The van der Waals surface area contributed by atoms with Crippen LogP contribution in [0.2, 0.25) is 0 Å². The summed E-state index contributed by atoms with van der Waals surface area (Å²) >= 11 is 0. The lowest BCUT2D eigenvalue weighted by Crippen LogP contribution is -2.36. The zero-order valence-corrected chi connectivity index (χ0v) is 22.8. The fourth-order valence-corrected chi connectivity index (χ4v) is 7.65. The molecule has 0 saturated heterocycles. The summed E-state index contributed by atoms with van der Waals surface area (Å²) in [7, 11) is 0. The van der Waals surface area contributed by atoms with Crippen LogP contribution in [0.1, 0.15) is 59.1 Å². The minimum absolute atomic E-state index is 1.07. The Kier molecular flexibility index (Phi) is 5.64. The normalized spacial score (nSPS) is 17.4. The van der Waals surface area contributed by atoms with Crippen LogP contribution in [-0.2, 0) is 38.8 Å². The van der Waals surface area contributed by atoms with Crippen LogP contribution in [0, 0.1) is 0 Å². The van der Waals surface area contributed by atoms with E-state index >= 15 is 0 Å².